The highest BCUT2D eigenvalue weighted by molar-refractivity contribution is 7.98. The van der Waals surface area contributed by atoms with Gasteiger partial charge >= 0.3 is 0 Å². The van der Waals surface area contributed by atoms with E-state index in [1.807, 2.05) is 17.8 Å². The summed E-state index contributed by atoms with van der Waals surface area (Å²) < 4.78 is 0. The zero-order valence-corrected chi connectivity index (χ0v) is 10.5. The Labute approximate surface area is 102 Å². The van der Waals surface area contributed by atoms with Crippen molar-refractivity contribution in [1.29, 1.82) is 5.26 Å². The normalized spacial score (nSPS) is 14.1. The largest absolute Gasteiger partial charge is 0.314 e. The summed E-state index contributed by atoms with van der Waals surface area (Å²) in [5, 5.41) is 8.75. The zero-order chi connectivity index (χ0) is 11.9. The van der Waals surface area contributed by atoms with Crippen LogP contribution >= 0.6 is 11.8 Å². The Kier molecular flexibility index (Phi) is 5.37. The summed E-state index contributed by atoms with van der Waals surface area (Å²) in [6.45, 7) is 1.79. The first-order valence-corrected chi connectivity index (χ1v) is 6.61. The van der Waals surface area contributed by atoms with Gasteiger partial charge in [-0.1, -0.05) is 30.3 Å². The molecule has 3 heteroatoms. The van der Waals surface area contributed by atoms with E-state index in [4.69, 9.17) is 11.0 Å². The number of hydrogen-bond donors (Lipinski definition) is 1. The third-order valence-electron chi connectivity index (χ3n) is 2.35. The summed E-state index contributed by atoms with van der Waals surface area (Å²) in [5.74, 6) is 2.10. The lowest BCUT2D eigenvalue weighted by Crippen LogP contribution is -2.33. The van der Waals surface area contributed by atoms with Crippen LogP contribution in [-0.4, -0.2) is 11.3 Å². The Bertz CT molecular complexity index is 341. The number of benzene rings is 1. The number of thioether (sulfide) groups is 1. The monoisotopic (exact) mass is 234 g/mol. The van der Waals surface area contributed by atoms with Crippen LogP contribution in [0.1, 0.15) is 25.3 Å². The molecule has 0 radical (unpaired) electrons. The molecule has 86 valence electrons. The summed E-state index contributed by atoms with van der Waals surface area (Å²) in [6.07, 6.45) is 1.77. The van der Waals surface area contributed by atoms with Crippen LogP contribution in [0, 0.1) is 11.3 Å². The maximum absolute atomic E-state index is 8.75. The molecule has 1 aromatic rings. The van der Waals surface area contributed by atoms with Gasteiger partial charge in [0.1, 0.15) is 5.54 Å². The van der Waals surface area contributed by atoms with E-state index >= 15 is 0 Å². The smallest absolute Gasteiger partial charge is 0.101 e. The van der Waals surface area contributed by atoms with Crippen molar-refractivity contribution < 1.29 is 0 Å². The minimum atomic E-state index is -0.659. The van der Waals surface area contributed by atoms with Gasteiger partial charge in [0.05, 0.1) is 6.07 Å². The number of hydrogen-bond acceptors (Lipinski definition) is 3. The zero-order valence-electron chi connectivity index (χ0n) is 9.65. The van der Waals surface area contributed by atoms with Crippen molar-refractivity contribution in [1.82, 2.24) is 0 Å². The molecule has 0 aromatic heterocycles. The van der Waals surface area contributed by atoms with E-state index in [1.165, 1.54) is 5.56 Å². The number of nitrogens with zero attached hydrogens (tertiary/aromatic N) is 1. The van der Waals surface area contributed by atoms with Crippen molar-refractivity contribution in [2.75, 3.05) is 5.75 Å². The summed E-state index contributed by atoms with van der Waals surface area (Å²) >= 11 is 1.89. The van der Waals surface area contributed by atoms with Gasteiger partial charge in [0.2, 0.25) is 0 Å². The summed E-state index contributed by atoms with van der Waals surface area (Å²) in [5.41, 5.74) is 6.43. The van der Waals surface area contributed by atoms with Crippen LogP contribution in [0.15, 0.2) is 30.3 Å². The maximum atomic E-state index is 8.75. The second-order valence-corrected chi connectivity index (χ2v) is 5.28. The molecular weight excluding hydrogens is 216 g/mol. The molecular formula is C13H18N2S. The average molecular weight is 234 g/mol. The van der Waals surface area contributed by atoms with E-state index in [2.05, 4.69) is 30.3 Å². The molecule has 0 spiro atoms. The van der Waals surface area contributed by atoms with Crippen LogP contribution in [0.5, 0.6) is 0 Å². The Hall–Kier alpha value is -0.980. The molecule has 0 saturated carbocycles. The van der Waals surface area contributed by atoms with Crippen LogP contribution in [0.3, 0.4) is 0 Å². The lowest BCUT2D eigenvalue weighted by molar-refractivity contribution is 0.540. The van der Waals surface area contributed by atoms with Crippen LogP contribution in [0.25, 0.3) is 0 Å². The van der Waals surface area contributed by atoms with Crippen molar-refractivity contribution >= 4 is 11.8 Å². The minimum Gasteiger partial charge on any atom is -0.314 e. The van der Waals surface area contributed by atoms with Crippen molar-refractivity contribution in [3.8, 4) is 6.07 Å². The maximum Gasteiger partial charge on any atom is 0.101 e. The van der Waals surface area contributed by atoms with Crippen LogP contribution in [-0.2, 0) is 5.75 Å². The third kappa shape index (κ3) is 5.20. The van der Waals surface area contributed by atoms with E-state index in [0.29, 0.717) is 0 Å². The Morgan fingerprint density at radius 2 is 2.06 bits per heavy atom. The molecule has 0 fully saturated rings. The number of nitriles is 1. The Morgan fingerprint density at radius 1 is 1.38 bits per heavy atom. The Morgan fingerprint density at radius 3 is 2.69 bits per heavy atom. The van der Waals surface area contributed by atoms with Gasteiger partial charge in [-0.25, -0.2) is 0 Å². The van der Waals surface area contributed by atoms with Gasteiger partial charge in [-0.05, 0) is 31.1 Å². The molecule has 0 aliphatic rings. The molecule has 1 atom stereocenters. The van der Waals surface area contributed by atoms with E-state index < -0.39 is 5.54 Å². The van der Waals surface area contributed by atoms with Crippen LogP contribution in [0.4, 0.5) is 0 Å². The van der Waals surface area contributed by atoms with Crippen LogP contribution in [0.2, 0.25) is 0 Å². The van der Waals surface area contributed by atoms with Crippen molar-refractivity contribution in [3.05, 3.63) is 35.9 Å². The molecule has 0 aliphatic heterocycles. The van der Waals surface area contributed by atoms with E-state index in [0.717, 1.165) is 24.3 Å². The molecule has 16 heavy (non-hydrogen) atoms. The summed E-state index contributed by atoms with van der Waals surface area (Å²) in [6, 6.07) is 12.5. The molecule has 2 nitrogen and oxygen atoms in total. The van der Waals surface area contributed by atoms with Gasteiger partial charge in [0.15, 0.2) is 0 Å². The minimum absolute atomic E-state index is 0.659. The lowest BCUT2D eigenvalue weighted by atomic mass is 10.0. The van der Waals surface area contributed by atoms with Gasteiger partial charge in [0.25, 0.3) is 0 Å². The predicted molar refractivity (Wildman–Crippen MR) is 70.0 cm³/mol. The first-order valence-electron chi connectivity index (χ1n) is 5.46. The van der Waals surface area contributed by atoms with E-state index in [-0.39, 0.29) is 0 Å². The third-order valence-corrected chi connectivity index (χ3v) is 3.47. The standard InChI is InChI=1S/C13H18N2S/c1-13(15,11-14)8-5-9-16-10-12-6-3-2-4-7-12/h2-4,6-7H,5,8-10,15H2,1H3. The van der Waals surface area contributed by atoms with Gasteiger partial charge in [-0.15, -0.1) is 0 Å². The van der Waals surface area contributed by atoms with E-state index in [1.54, 1.807) is 6.92 Å². The summed E-state index contributed by atoms with van der Waals surface area (Å²) in [4.78, 5) is 0. The Balaban J connectivity index is 2.12. The lowest BCUT2D eigenvalue weighted by Gasteiger charge is -2.14. The fourth-order valence-electron chi connectivity index (χ4n) is 1.36. The van der Waals surface area contributed by atoms with Gasteiger partial charge in [-0.2, -0.15) is 17.0 Å². The molecule has 0 amide bonds. The highest BCUT2D eigenvalue weighted by atomic mass is 32.2. The van der Waals surface area contributed by atoms with E-state index in [9.17, 15) is 0 Å². The first-order chi connectivity index (χ1) is 7.64. The predicted octanol–water partition coefficient (Wildman–Crippen LogP) is 2.94. The SMILES string of the molecule is CC(N)(C#N)CCCSCc1ccccc1. The topological polar surface area (TPSA) is 49.8 Å². The molecule has 0 heterocycles. The van der Waals surface area contributed by atoms with Crippen LogP contribution < -0.4 is 5.73 Å². The fraction of sp³-hybridized carbons (Fsp3) is 0.462. The van der Waals surface area contributed by atoms with Crippen molar-refractivity contribution in [3.63, 3.8) is 0 Å². The highest BCUT2D eigenvalue weighted by Gasteiger charge is 2.15. The molecule has 1 aromatic carbocycles. The van der Waals surface area contributed by atoms with Crippen molar-refractivity contribution in [2.24, 2.45) is 5.73 Å². The number of nitrogens with two attached hydrogens (primary N) is 1. The molecule has 0 bridgehead atoms. The second-order valence-electron chi connectivity index (χ2n) is 4.17. The molecule has 0 aliphatic carbocycles. The number of rotatable bonds is 6. The van der Waals surface area contributed by atoms with Gasteiger partial charge < -0.3 is 5.73 Å². The fourth-order valence-corrected chi connectivity index (χ4v) is 2.28. The second kappa shape index (κ2) is 6.57. The van der Waals surface area contributed by atoms with Gasteiger partial charge in [-0.3, -0.25) is 0 Å². The van der Waals surface area contributed by atoms with Crippen molar-refractivity contribution in [2.45, 2.75) is 31.1 Å². The molecule has 1 unspecified atom stereocenters. The quantitative estimate of drug-likeness (QED) is 0.770. The summed E-state index contributed by atoms with van der Waals surface area (Å²) in [7, 11) is 0. The molecule has 2 N–H and O–H groups in total. The molecule has 0 saturated heterocycles. The highest BCUT2D eigenvalue weighted by Crippen LogP contribution is 2.15. The first kappa shape index (κ1) is 13.1. The molecule has 1 rings (SSSR count). The average Bonchev–Trinajstić information content (AvgIpc) is 2.30. The van der Waals surface area contributed by atoms with Gasteiger partial charge in [0, 0.05) is 5.75 Å².